The van der Waals surface area contributed by atoms with Gasteiger partial charge in [-0.2, -0.15) is 0 Å². The number of nitrogens with one attached hydrogen (secondary N) is 1. The van der Waals surface area contributed by atoms with E-state index in [1.165, 1.54) is 21.6 Å². The lowest BCUT2D eigenvalue weighted by molar-refractivity contribution is 0.302. The van der Waals surface area contributed by atoms with E-state index in [-0.39, 0.29) is 0 Å². The van der Waals surface area contributed by atoms with Crippen LogP contribution >= 0.6 is 11.3 Å². The first-order chi connectivity index (χ1) is 11.3. The molecule has 1 heterocycles. The highest BCUT2D eigenvalue weighted by Gasteiger charge is 2.04. The lowest BCUT2D eigenvalue weighted by Crippen LogP contribution is -2.12. The predicted molar refractivity (Wildman–Crippen MR) is 96.8 cm³/mol. The summed E-state index contributed by atoms with van der Waals surface area (Å²) in [5, 5.41) is 5.59. The summed E-state index contributed by atoms with van der Waals surface area (Å²) >= 11 is 1.78. The van der Waals surface area contributed by atoms with Crippen LogP contribution in [0.2, 0.25) is 0 Å². The van der Waals surface area contributed by atoms with Crippen molar-refractivity contribution in [1.82, 2.24) is 5.32 Å². The average Bonchev–Trinajstić information content (AvgIpc) is 3.07. The van der Waals surface area contributed by atoms with Crippen molar-refractivity contribution in [3.63, 3.8) is 0 Å². The summed E-state index contributed by atoms with van der Waals surface area (Å²) in [6.07, 6.45) is 0. The number of ether oxygens (including phenoxy) is 1. The number of benzene rings is 2. The minimum atomic E-state index is 0.601. The highest BCUT2D eigenvalue weighted by atomic mass is 32.1. The van der Waals surface area contributed by atoms with Crippen LogP contribution in [0.3, 0.4) is 0 Å². The Balaban J connectivity index is 1.58. The maximum atomic E-state index is 6.03. The van der Waals surface area contributed by atoms with Crippen LogP contribution in [0.25, 0.3) is 0 Å². The molecule has 23 heavy (non-hydrogen) atoms. The van der Waals surface area contributed by atoms with Crippen molar-refractivity contribution in [1.29, 1.82) is 0 Å². The van der Waals surface area contributed by atoms with Gasteiger partial charge in [0.15, 0.2) is 0 Å². The second-order valence-corrected chi connectivity index (χ2v) is 6.60. The summed E-state index contributed by atoms with van der Waals surface area (Å²) in [5.41, 5.74) is 3.65. The van der Waals surface area contributed by atoms with Gasteiger partial charge in [-0.3, -0.25) is 0 Å². The highest BCUT2D eigenvalue weighted by Crippen LogP contribution is 2.20. The van der Waals surface area contributed by atoms with Crippen LogP contribution in [0.5, 0.6) is 5.75 Å². The Morgan fingerprint density at radius 2 is 1.87 bits per heavy atom. The van der Waals surface area contributed by atoms with E-state index in [4.69, 9.17) is 4.74 Å². The Morgan fingerprint density at radius 3 is 2.70 bits per heavy atom. The minimum absolute atomic E-state index is 0.601. The Morgan fingerprint density at radius 1 is 0.957 bits per heavy atom. The molecular weight excluding hydrogens is 302 g/mol. The highest BCUT2D eigenvalue weighted by molar-refractivity contribution is 7.09. The van der Waals surface area contributed by atoms with Gasteiger partial charge in [0, 0.05) is 23.5 Å². The van der Waals surface area contributed by atoms with Gasteiger partial charge in [0.05, 0.1) is 0 Å². The van der Waals surface area contributed by atoms with Crippen molar-refractivity contribution in [3.05, 3.63) is 87.6 Å². The van der Waals surface area contributed by atoms with Gasteiger partial charge in [-0.25, -0.2) is 0 Å². The molecule has 3 heteroatoms. The van der Waals surface area contributed by atoms with Crippen molar-refractivity contribution in [2.75, 3.05) is 0 Å². The minimum Gasteiger partial charge on any atom is -0.489 e. The van der Waals surface area contributed by atoms with E-state index in [0.717, 1.165) is 18.8 Å². The Kier molecular flexibility index (Phi) is 5.46. The zero-order chi connectivity index (χ0) is 15.9. The average molecular weight is 323 g/mol. The zero-order valence-electron chi connectivity index (χ0n) is 13.3. The fraction of sp³-hybridized carbons (Fsp3) is 0.200. The molecule has 0 saturated carbocycles. The van der Waals surface area contributed by atoms with Crippen LogP contribution in [-0.4, -0.2) is 0 Å². The van der Waals surface area contributed by atoms with Gasteiger partial charge in [-0.1, -0.05) is 54.1 Å². The third-order valence-electron chi connectivity index (χ3n) is 3.64. The number of rotatable bonds is 7. The normalized spacial score (nSPS) is 10.7. The number of hydrogen-bond acceptors (Lipinski definition) is 3. The monoisotopic (exact) mass is 323 g/mol. The first-order valence-corrected chi connectivity index (χ1v) is 8.68. The van der Waals surface area contributed by atoms with Gasteiger partial charge in [-0.05, 0) is 30.0 Å². The lowest BCUT2D eigenvalue weighted by Gasteiger charge is -2.12. The van der Waals surface area contributed by atoms with E-state index >= 15 is 0 Å². The van der Waals surface area contributed by atoms with E-state index in [1.807, 2.05) is 12.1 Å². The molecule has 0 spiro atoms. The summed E-state index contributed by atoms with van der Waals surface area (Å²) in [6, 6.07) is 20.9. The van der Waals surface area contributed by atoms with Gasteiger partial charge < -0.3 is 10.1 Å². The first-order valence-electron chi connectivity index (χ1n) is 7.80. The Labute approximate surface area is 141 Å². The van der Waals surface area contributed by atoms with Gasteiger partial charge in [0.25, 0.3) is 0 Å². The number of hydrogen-bond donors (Lipinski definition) is 1. The van der Waals surface area contributed by atoms with Gasteiger partial charge in [-0.15, -0.1) is 11.3 Å². The second kappa shape index (κ2) is 7.95. The van der Waals surface area contributed by atoms with Crippen molar-refractivity contribution in [2.45, 2.75) is 26.6 Å². The number of para-hydroxylation sites is 1. The molecule has 3 aromatic rings. The molecule has 2 nitrogen and oxygen atoms in total. The van der Waals surface area contributed by atoms with E-state index in [1.54, 1.807) is 11.3 Å². The molecule has 0 atom stereocenters. The molecule has 1 aromatic heterocycles. The molecule has 3 rings (SSSR count). The molecule has 0 saturated heterocycles. The molecule has 0 bridgehead atoms. The summed E-state index contributed by atoms with van der Waals surface area (Å²) in [7, 11) is 0. The van der Waals surface area contributed by atoms with Crippen LogP contribution in [0.1, 0.15) is 21.6 Å². The third-order valence-corrected chi connectivity index (χ3v) is 4.52. The van der Waals surface area contributed by atoms with E-state index < -0.39 is 0 Å². The standard InChI is InChI=1S/C20H21NOS/c1-16-6-4-7-17(12-16)15-22-20-10-3-2-8-18(20)13-21-14-19-9-5-11-23-19/h2-12,21H,13-15H2,1H3. The molecule has 0 amide bonds. The quantitative estimate of drug-likeness (QED) is 0.666. The summed E-state index contributed by atoms with van der Waals surface area (Å²) < 4.78 is 6.03. The fourth-order valence-electron chi connectivity index (χ4n) is 2.49. The molecule has 0 radical (unpaired) electrons. The third kappa shape index (κ3) is 4.68. The molecule has 2 aromatic carbocycles. The van der Waals surface area contributed by atoms with Crippen molar-refractivity contribution in [2.24, 2.45) is 0 Å². The van der Waals surface area contributed by atoms with Gasteiger partial charge in [0.2, 0.25) is 0 Å². The molecule has 0 fully saturated rings. The molecule has 0 aliphatic heterocycles. The van der Waals surface area contributed by atoms with Gasteiger partial charge in [0.1, 0.15) is 12.4 Å². The fourth-order valence-corrected chi connectivity index (χ4v) is 3.16. The van der Waals surface area contributed by atoms with E-state index in [0.29, 0.717) is 6.61 Å². The number of thiophene rings is 1. The predicted octanol–water partition coefficient (Wildman–Crippen LogP) is 4.93. The molecule has 0 aliphatic carbocycles. The molecule has 118 valence electrons. The van der Waals surface area contributed by atoms with Crippen LogP contribution in [0.15, 0.2) is 66.0 Å². The van der Waals surface area contributed by atoms with E-state index in [2.05, 4.69) is 66.2 Å². The summed E-state index contributed by atoms with van der Waals surface area (Å²) in [5.74, 6) is 0.952. The maximum absolute atomic E-state index is 6.03. The van der Waals surface area contributed by atoms with Crippen LogP contribution < -0.4 is 10.1 Å². The Hall–Kier alpha value is -2.10. The van der Waals surface area contributed by atoms with Crippen molar-refractivity contribution in [3.8, 4) is 5.75 Å². The van der Waals surface area contributed by atoms with Crippen LogP contribution in [0, 0.1) is 6.92 Å². The van der Waals surface area contributed by atoms with Gasteiger partial charge >= 0.3 is 0 Å². The molecule has 0 unspecified atom stereocenters. The van der Waals surface area contributed by atoms with E-state index in [9.17, 15) is 0 Å². The largest absolute Gasteiger partial charge is 0.489 e. The van der Waals surface area contributed by atoms with Crippen LogP contribution in [0.4, 0.5) is 0 Å². The zero-order valence-corrected chi connectivity index (χ0v) is 14.1. The molecular formula is C20H21NOS. The smallest absolute Gasteiger partial charge is 0.124 e. The molecule has 0 aliphatic rings. The van der Waals surface area contributed by atoms with Crippen molar-refractivity contribution < 1.29 is 4.74 Å². The van der Waals surface area contributed by atoms with Crippen molar-refractivity contribution >= 4 is 11.3 Å². The topological polar surface area (TPSA) is 21.3 Å². The first kappa shape index (κ1) is 15.8. The number of aryl methyl sites for hydroxylation is 1. The SMILES string of the molecule is Cc1cccc(COc2ccccc2CNCc2cccs2)c1. The molecule has 1 N–H and O–H groups in total. The maximum Gasteiger partial charge on any atom is 0.124 e. The second-order valence-electron chi connectivity index (χ2n) is 5.57. The Bertz CT molecular complexity index is 737. The van der Waals surface area contributed by atoms with Crippen LogP contribution in [-0.2, 0) is 19.7 Å². The summed E-state index contributed by atoms with van der Waals surface area (Å²) in [4.78, 5) is 1.35. The lowest BCUT2D eigenvalue weighted by atomic mass is 10.1. The summed E-state index contributed by atoms with van der Waals surface area (Å²) in [6.45, 7) is 4.40.